The highest BCUT2D eigenvalue weighted by molar-refractivity contribution is 5.81. The molecule has 1 aliphatic carbocycles. The lowest BCUT2D eigenvalue weighted by molar-refractivity contribution is -0.144. The molecule has 1 aromatic heterocycles. The second-order valence-corrected chi connectivity index (χ2v) is 4.66. The van der Waals surface area contributed by atoms with Crippen molar-refractivity contribution in [2.24, 2.45) is 5.92 Å². The number of hydrogen-bond donors (Lipinski definition) is 0. The predicted octanol–water partition coefficient (Wildman–Crippen LogP) is 2.90. The molecule has 18 heavy (non-hydrogen) atoms. The van der Waals surface area contributed by atoms with Crippen molar-refractivity contribution < 1.29 is 9.53 Å². The number of esters is 1. The zero-order valence-corrected chi connectivity index (χ0v) is 10.3. The molecule has 1 heterocycles. The van der Waals surface area contributed by atoms with Crippen molar-refractivity contribution >= 4 is 16.9 Å². The molecular weight excluding hydrogens is 226 g/mol. The average molecular weight is 241 g/mol. The Balaban J connectivity index is 1.82. The van der Waals surface area contributed by atoms with Crippen LogP contribution in [0.3, 0.4) is 0 Å². The van der Waals surface area contributed by atoms with Gasteiger partial charge < -0.3 is 4.74 Å². The second-order valence-electron chi connectivity index (χ2n) is 4.66. The van der Waals surface area contributed by atoms with Crippen LogP contribution < -0.4 is 0 Å². The summed E-state index contributed by atoms with van der Waals surface area (Å²) in [5.74, 6) is 0.321. The molecule has 0 radical (unpaired) electrons. The highest BCUT2D eigenvalue weighted by atomic mass is 16.5. The molecule has 0 amide bonds. The van der Waals surface area contributed by atoms with Crippen molar-refractivity contribution in [1.82, 2.24) is 4.98 Å². The van der Waals surface area contributed by atoms with Gasteiger partial charge in [0.15, 0.2) is 0 Å². The minimum Gasteiger partial charge on any atom is -0.466 e. The summed E-state index contributed by atoms with van der Waals surface area (Å²) in [6.07, 6.45) is 2.70. The molecule has 3 rings (SSSR count). The lowest BCUT2D eigenvalue weighted by Crippen LogP contribution is -2.07. The zero-order chi connectivity index (χ0) is 12.5. The van der Waals surface area contributed by atoms with Gasteiger partial charge in [-0.25, -0.2) is 0 Å². The average Bonchev–Trinajstić information content (AvgIpc) is 3.19. The molecule has 0 bridgehead atoms. The van der Waals surface area contributed by atoms with Crippen LogP contribution in [0.2, 0.25) is 0 Å². The van der Waals surface area contributed by atoms with Crippen LogP contribution in [-0.4, -0.2) is 17.6 Å². The third-order valence-corrected chi connectivity index (χ3v) is 3.43. The summed E-state index contributed by atoms with van der Waals surface area (Å²) in [6, 6.07) is 10.2. The van der Waals surface area contributed by atoms with Crippen LogP contribution in [0, 0.1) is 5.92 Å². The maximum absolute atomic E-state index is 11.6. The Labute approximate surface area is 106 Å². The Morgan fingerprint density at radius 1 is 1.44 bits per heavy atom. The van der Waals surface area contributed by atoms with E-state index in [1.165, 1.54) is 5.56 Å². The van der Waals surface area contributed by atoms with Crippen molar-refractivity contribution in [2.75, 3.05) is 6.61 Å². The second kappa shape index (κ2) is 4.41. The van der Waals surface area contributed by atoms with Gasteiger partial charge in [0.05, 0.1) is 18.0 Å². The van der Waals surface area contributed by atoms with Crippen LogP contribution in [0.4, 0.5) is 0 Å². The summed E-state index contributed by atoms with van der Waals surface area (Å²) in [5, 5.41) is 1.13. The molecule has 0 spiro atoms. The van der Waals surface area contributed by atoms with E-state index in [9.17, 15) is 4.79 Å². The fourth-order valence-corrected chi connectivity index (χ4v) is 2.40. The van der Waals surface area contributed by atoms with Gasteiger partial charge >= 0.3 is 5.97 Å². The fraction of sp³-hybridized carbons (Fsp3) is 0.333. The van der Waals surface area contributed by atoms with E-state index in [2.05, 4.69) is 17.1 Å². The monoisotopic (exact) mass is 241 g/mol. The Kier molecular flexibility index (Phi) is 2.74. The molecule has 1 fully saturated rings. The quantitative estimate of drug-likeness (QED) is 0.776. The van der Waals surface area contributed by atoms with Gasteiger partial charge in [-0.2, -0.15) is 0 Å². The van der Waals surface area contributed by atoms with Gasteiger partial charge in [-0.1, -0.05) is 12.1 Å². The summed E-state index contributed by atoms with van der Waals surface area (Å²) in [5.41, 5.74) is 2.21. The van der Waals surface area contributed by atoms with Crippen LogP contribution >= 0.6 is 0 Å². The number of fused-ring (bicyclic) bond motifs is 1. The molecule has 0 aliphatic heterocycles. The Bertz CT molecular complexity index is 594. The van der Waals surface area contributed by atoms with Crippen molar-refractivity contribution in [3.63, 3.8) is 0 Å². The first-order valence-electron chi connectivity index (χ1n) is 6.31. The number of nitrogens with zero attached hydrogens (tertiary/aromatic N) is 1. The predicted molar refractivity (Wildman–Crippen MR) is 69.2 cm³/mol. The number of rotatable bonds is 3. The zero-order valence-electron chi connectivity index (χ0n) is 10.3. The summed E-state index contributed by atoms with van der Waals surface area (Å²) >= 11 is 0. The van der Waals surface area contributed by atoms with Crippen LogP contribution in [-0.2, 0) is 9.53 Å². The molecule has 3 heteroatoms. The number of hydrogen-bond acceptors (Lipinski definition) is 3. The number of carbonyl (C=O) groups is 1. The van der Waals surface area contributed by atoms with Crippen LogP contribution in [0.15, 0.2) is 36.5 Å². The third kappa shape index (κ3) is 1.96. The maximum Gasteiger partial charge on any atom is 0.309 e. The molecule has 2 aromatic rings. The molecule has 1 saturated carbocycles. The van der Waals surface area contributed by atoms with Gasteiger partial charge in [0, 0.05) is 11.6 Å². The van der Waals surface area contributed by atoms with E-state index >= 15 is 0 Å². The molecule has 3 nitrogen and oxygen atoms in total. The lowest BCUT2D eigenvalue weighted by Gasteiger charge is -2.03. The summed E-state index contributed by atoms with van der Waals surface area (Å²) in [7, 11) is 0. The Morgan fingerprint density at radius 2 is 2.33 bits per heavy atom. The number of aromatic nitrogens is 1. The highest BCUT2D eigenvalue weighted by Gasteiger charge is 2.45. The van der Waals surface area contributed by atoms with Crippen LogP contribution in [0.5, 0.6) is 0 Å². The fourth-order valence-electron chi connectivity index (χ4n) is 2.40. The van der Waals surface area contributed by atoms with Gasteiger partial charge in [-0.05, 0) is 43.0 Å². The molecular formula is C15H15NO2. The first kappa shape index (κ1) is 11.2. The maximum atomic E-state index is 11.6. The molecule has 1 aliphatic rings. The van der Waals surface area contributed by atoms with E-state index < -0.39 is 0 Å². The first-order chi connectivity index (χ1) is 8.79. The topological polar surface area (TPSA) is 39.2 Å². The normalized spacial score (nSPS) is 21.8. The molecule has 1 aromatic carbocycles. The van der Waals surface area contributed by atoms with Gasteiger partial charge in [0.2, 0.25) is 0 Å². The minimum absolute atomic E-state index is 0.0547. The van der Waals surface area contributed by atoms with E-state index in [1.807, 2.05) is 25.1 Å². The van der Waals surface area contributed by atoms with Crippen molar-refractivity contribution in [3.05, 3.63) is 42.1 Å². The van der Waals surface area contributed by atoms with Gasteiger partial charge in [-0.15, -0.1) is 0 Å². The number of carbonyl (C=O) groups excluding carboxylic acids is 1. The Morgan fingerprint density at radius 3 is 3.17 bits per heavy atom. The molecule has 0 saturated heterocycles. The first-order valence-corrected chi connectivity index (χ1v) is 6.31. The van der Waals surface area contributed by atoms with E-state index in [-0.39, 0.29) is 11.9 Å². The molecule has 92 valence electrons. The van der Waals surface area contributed by atoms with Gasteiger partial charge in [0.25, 0.3) is 0 Å². The SMILES string of the molecule is CCOC(=O)[C@@H]1C[C@H]1c1ccc2ncccc2c1. The van der Waals surface area contributed by atoms with Crippen LogP contribution in [0.25, 0.3) is 10.9 Å². The molecule has 0 N–H and O–H groups in total. The van der Waals surface area contributed by atoms with E-state index in [4.69, 9.17) is 4.74 Å². The third-order valence-electron chi connectivity index (χ3n) is 3.43. The smallest absolute Gasteiger partial charge is 0.309 e. The lowest BCUT2D eigenvalue weighted by atomic mass is 10.1. The van der Waals surface area contributed by atoms with Gasteiger partial charge in [-0.3, -0.25) is 9.78 Å². The largest absolute Gasteiger partial charge is 0.466 e. The van der Waals surface area contributed by atoms with Crippen molar-refractivity contribution in [3.8, 4) is 0 Å². The van der Waals surface area contributed by atoms with Crippen molar-refractivity contribution in [1.29, 1.82) is 0 Å². The minimum atomic E-state index is -0.0613. The van der Waals surface area contributed by atoms with Crippen molar-refractivity contribution in [2.45, 2.75) is 19.3 Å². The van der Waals surface area contributed by atoms with Crippen LogP contribution in [0.1, 0.15) is 24.8 Å². The van der Waals surface area contributed by atoms with E-state index in [1.54, 1.807) is 6.20 Å². The van der Waals surface area contributed by atoms with E-state index in [0.29, 0.717) is 12.5 Å². The summed E-state index contributed by atoms with van der Waals surface area (Å²) in [6.45, 7) is 2.31. The standard InChI is InChI=1S/C15H15NO2/c1-2-18-15(17)13-9-12(13)10-5-6-14-11(8-10)4-3-7-16-14/h3-8,12-13H,2,9H2,1H3/t12-,13+/m0/s1. The highest BCUT2D eigenvalue weighted by Crippen LogP contribution is 2.48. The number of ether oxygens (including phenoxy) is 1. The molecule has 0 unspecified atom stereocenters. The van der Waals surface area contributed by atoms with E-state index in [0.717, 1.165) is 17.3 Å². The summed E-state index contributed by atoms with van der Waals surface area (Å²) in [4.78, 5) is 15.9. The summed E-state index contributed by atoms with van der Waals surface area (Å²) < 4.78 is 5.05. The Hall–Kier alpha value is -1.90. The van der Waals surface area contributed by atoms with Gasteiger partial charge in [0.1, 0.15) is 0 Å². The number of pyridine rings is 1. The number of benzene rings is 1. The molecule has 2 atom stereocenters.